The highest BCUT2D eigenvalue weighted by molar-refractivity contribution is 6.69. The number of hydrogen-bond acceptors (Lipinski definition) is 4. The fourth-order valence-corrected chi connectivity index (χ4v) is 8.89. The van der Waals surface area contributed by atoms with E-state index < -0.39 is 0 Å². The van der Waals surface area contributed by atoms with Crippen molar-refractivity contribution in [3.8, 4) is 67.5 Å². The van der Waals surface area contributed by atoms with Crippen LogP contribution in [0.1, 0.15) is 0 Å². The van der Waals surface area contributed by atoms with Gasteiger partial charge in [0.1, 0.15) is 89.6 Å². The molecule has 2 aromatic heterocycles. The molecule has 59 heavy (non-hydrogen) atoms. The first-order valence-electron chi connectivity index (χ1n) is 20.5. The first-order valence-corrected chi connectivity index (χ1v) is 20.5. The van der Waals surface area contributed by atoms with Crippen molar-refractivity contribution in [2.24, 2.45) is 0 Å². The third-order valence-electron chi connectivity index (χ3n) is 13.4. The molecular weight excluding hydrogens is 707 g/mol. The van der Waals surface area contributed by atoms with E-state index in [4.69, 9.17) is 19.4 Å². The van der Waals surface area contributed by atoms with E-state index in [1.54, 1.807) is 0 Å². The zero-order valence-corrected chi connectivity index (χ0v) is 35.7. The van der Waals surface area contributed by atoms with Crippen LogP contribution in [0.3, 0.4) is 0 Å². The first-order chi connectivity index (χ1) is 28.4. The van der Waals surface area contributed by atoms with Crippen LogP contribution in [0.15, 0.2) is 120 Å². The third kappa shape index (κ3) is 6.54. The predicted octanol–water partition coefficient (Wildman–Crippen LogP) is -5.64. The second-order valence-electron chi connectivity index (χ2n) is 16.3. The van der Waals surface area contributed by atoms with Gasteiger partial charge in [-0.25, -0.2) is 15.0 Å². The molecule has 0 fully saturated rings. The van der Waals surface area contributed by atoms with E-state index in [0.717, 1.165) is 49.8 Å². The van der Waals surface area contributed by atoms with Crippen molar-refractivity contribution in [3.05, 3.63) is 115 Å². The van der Waals surface area contributed by atoms with Gasteiger partial charge >= 0.3 is 0 Å². The van der Waals surface area contributed by atoms with Crippen LogP contribution in [0.4, 0.5) is 0 Å². The zero-order valence-electron chi connectivity index (χ0n) is 35.7. The standard InChI is InChI=1S/C45H39B10N3O/c46-32-30(33(47)37(51)40(54)36(32)50)44-56-43(57-45(58-44)31-34(48)38(52)41(55)39(53)35(31)49)27-8-4-7-26-28-19-25(17-18-29(28)59-42(26)27)24-15-13-23(14-16-24)22-11-9-21(10-12-22)20-5-2-1-3-6-20/h1-19H,46-55H2. The Balaban J connectivity index is 1.16. The van der Waals surface area contributed by atoms with Crippen molar-refractivity contribution in [2.45, 2.75) is 0 Å². The van der Waals surface area contributed by atoms with E-state index in [1.165, 1.54) is 76.9 Å². The molecule has 0 radical (unpaired) electrons. The number of hydrogen-bond donors (Lipinski definition) is 0. The molecule has 2 heterocycles. The van der Waals surface area contributed by atoms with Crippen molar-refractivity contribution in [1.29, 1.82) is 0 Å². The summed E-state index contributed by atoms with van der Waals surface area (Å²) in [6.45, 7) is 0. The largest absolute Gasteiger partial charge is 0.455 e. The molecular formula is C45H39B10N3O. The molecule has 0 aliphatic heterocycles. The summed E-state index contributed by atoms with van der Waals surface area (Å²) < 4.78 is 6.74. The van der Waals surface area contributed by atoms with Gasteiger partial charge in [0.05, 0.1) is 5.56 Å². The average molecular weight is 746 g/mol. The normalized spacial score (nSPS) is 11.4. The smallest absolute Gasteiger partial charge is 0.167 e. The summed E-state index contributed by atoms with van der Waals surface area (Å²) in [5.74, 6) is 1.98. The Bertz CT molecular complexity index is 3010. The molecule has 0 saturated carbocycles. The molecule has 0 bridgehead atoms. The summed E-state index contributed by atoms with van der Waals surface area (Å²) in [5.41, 5.74) is 24.2. The van der Waals surface area contributed by atoms with Crippen molar-refractivity contribution < 1.29 is 4.42 Å². The van der Waals surface area contributed by atoms with Gasteiger partial charge in [-0.15, -0.1) is 32.8 Å². The van der Waals surface area contributed by atoms with Crippen LogP contribution in [0.25, 0.3) is 89.5 Å². The lowest BCUT2D eigenvalue weighted by molar-refractivity contribution is 0.669. The lowest BCUT2D eigenvalue weighted by atomic mass is 9.60. The summed E-state index contributed by atoms with van der Waals surface area (Å²) >= 11 is 0. The highest BCUT2D eigenvalue weighted by Crippen LogP contribution is 2.38. The van der Waals surface area contributed by atoms with Crippen molar-refractivity contribution >= 4 is 155 Å². The molecule has 9 rings (SSSR count). The van der Waals surface area contributed by atoms with Gasteiger partial charge in [0.25, 0.3) is 0 Å². The van der Waals surface area contributed by atoms with Gasteiger partial charge in [-0.1, -0.05) is 119 Å². The molecule has 14 heteroatoms. The van der Waals surface area contributed by atoms with Crippen LogP contribution in [0, 0.1) is 0 Å². The molecule has 9 aromatic rings. The summed E-state index contributed by atoms with van der Waals surface area (Å²) in [5, 5.41) is 2.09. The molecule has 0 saturated heterocycles. The fraction of sp³-hybridized carbons (Fsp3) is 0. The minimum absolute atomic E-state index is 0.603. The maximum absolute atomic E-state index is 6.74. The van der Waals surface area contributed by atoms with Gasteiger partial charge in [0.15, 0.2) is 17.5 Å². The Labute approximate surface area is 355 Å². The van der Waals surface area contributed by atoms with E-state index in [9.17, 15) is 0 Å². The third-order valence-corrected chi connectivity index (χ3v) is 13.4. The Morgan fingerprint density at radius 3 is 1.19 bits per heavy atom. The van der Waals surface area contributed by atoms with Crippen LogP contribution in [0.2, 0.25) is 0 Å². The fourth-order valence-electron chi connectivity index (χ4n) is 8.89. The number of aromatic nitrogens is 3. The maximum Gasteiger partial charge on any atom is 0.167 e. The Hall–Kier alpha value is -6.00. The highest BCUT2D eigenvalue weighted by Gasteiger charge is 2.23. The molecule has 7 aromatic carbocycles. The van der Waals surface area contributed by atoms with Crippen LogP contribution < -0.4 is 54.6 Å². The summed E-state index contributed by atoms with van der Waals surface area (Å²) in [7, 11) is 22.0. The molecule has 270 valence electrons. The molecule has 4 nitrogen and oxygen atoms in total. The maximum atomic E-state index is 6.74. The number of rotatable bonds is 6. The lowest BCUT2D eigenvalue weighted by Crippen LogP contribution is -2.55. The van der Waals surface area contributed by atoms with Crippen LogP contribution in [-0.4, -0.2) is 93.4 Å². The van der Waals surface area contributed by atoms with E-state index in [1.807, 2.05) is 0 Å². The van der Waals surface area contributed by atoms with E-state index in [0.29, 0.717) is 17.5 Å². The van der Waals surface area contributed by atoms with Crippen LogP contribution in [-0.2, 0) is 0 Å². The number of benzene rings is 7. The van der Waals surface area contributed by atoms with E-state index in [2.05, 4.69) is 194 Å². The van der Waals surface area contributed by atoms with E-state index >= 15 is 0 Å². The molecule has 0 aliphatic carbocycles. The second-order valence-corrected chi connectivity index (χ2v) is 16.3. The Kier molecular flexibility index (Phi) is 9.78. The molecule has 0 aliphatic rings. The van der Waals surface area contributed by atoms with Crippen molar-refractivity contribution in [2.75, 3.05) is 0 Å². The minimum atomic E-state index is 0.603. The molecule has 0 amide bonds. The first kappa shape index (κ1) is 38.5. The predicted molar refractivity (Wildman–Crippen MR) is 282 cm³/mol. The molecule has 0 atom stereocenters. The van der Waals surface area contributed by atoms with Crippen molar-refractivity contribution in [3.63, 3.8) is 0 Å². The summed E-state index contributed by atoms with van der Waals surface area (Å²) in [4.78, 5) is 15.9. The van der Waals surface area contributed by atoms with Crippen LogP contribution in [0.5, 0.6) is 0 Å². The second kappa shape index (κ2) is 15.0. The molecule has 0 N–H and O–H groups in total. The highest BCUT2D eigenvalue weighted by atomic mass is 16.3. The summed E-state index contributed by atoms with van der Waals surface area (Å²) in [6.07, 6.45) is 0. The summed E-state index contributed by atoms with van der Waals surface area (Å²) in [6, 6.07) is 40.9. The topological polar surface area (TPSA) is 51.8 Å². The average Bonchev–Trinajstić information content (AvgIpc) is 3.65. The number of para-hydroxylation sites is 1. The van der Waals surface area contributed by atoms with E-state index in [-0.39, 0.29) is 0 Å². The quantitative estimate of drug-likeness (QED) is 0.160. The van der Waals surface area contributed by atoms with Gasteiger partial charge < -0.3 is 4.42 Å². The SMILES string of the molecule is Bc1c(B)c(B)c(-c2nc(-c3c(B)c(B)c(B)c(B)c3B)nc(-c3cccc4c3oc3ccc(-c5ccc(-c6ccc(-c7ccccc7)cc6)cc5)cc34)n2)c(B)c1B. The van der Waals surface area contributed by atoms with Crippen molar-refractivity contribution in [1.82, 2.24) is 15.0 Å². The lowest BCUT2D eigenvalue weighted by Gasteiger charge is -2.22. The Morgan fingerprint density at radius 2 is 0.712 bits per heavy atom. The Morgan fingerprint density at radius 1 is 0.322 bits per heavy atom. The van der Waals surface area contributed by atoms with Gasteiger partial charge in [0.2, 0.25) is 0 Å². The minimum Gasteiger partial charge on any atom is -0.455 e. The van der Waals surface area contributed by atoms with Gasteiger partial charge in [-0.05, 0) is 51.6 Å². The number of nitrogens with zero attached hydrogens (tertiary/aromatic N) is 3. The number of furan rings is 1. The van der Waals surface area contributed by atoms with Gasteiger partial charge in [-0.2, -0.15) is 0 Å². The zero-order chi connectivity index (χ0) is 41.3. The number of fused-ring (bicyclic) bond motifs is 3. The monoisotopic (exact) mass is 747 g/mol. The van der Waals surface area contributed by atoms with Crippen LogP contribution >= 0.6 is 0 Å². The van der Waals surface area contributed by atoms with Gasteiger partial charge in [-0.3, -0.25) is 0 Å². The van der Waals surface area contributed by atoms with Gasteiger partial charge in [0, 0.05) is 21.9 Å². The molecule has 0 unspecified atom stereocenters. The molecule has 0 spiro atoms.